The molecule has 9 nitrogen and oxygen atoms in total. The van der Waals surface area contributed by atoms with Gasteiger partial charge in [-0.05, 0) is 13.0 Å². The van der Waals surface area contributed by atoms with E-state index in [1.165, 1.54) is 6.33 Å². The maximum atomic E-state index is 12.6. The monoisotopic (exact) mass is 371 g/mol. The second-order valence-electron chi connectivity index (χ2n) is 5.11. The van der Waals surface area contributed by atoms with E-state index >= 15 is 0 Å². The third-order valence-electron chi connectivity index (χ3n) is 3.17. The number of hydrogen-bond acceptors (Lipinski definition) is 6. The van der Waals surface area contributed by atoms with Crippen LogP contribution in [0.2, 0.25) is 0 Å². The van der Waals surface area contributed by atoms with Gasteiger partial charge < -0.3 is 16.0 Å². The van der Waals surface area contributed by atoms with Gasteiger partial charge in [-0.1, -0.05) is 0 Å². The minimum atomic E-state index is -4.50. The van der Waals surface area contributed by atoms with Crippen LogP contribution in [0.4, 0.5) is 19.1 Å². The lowest BCUT2D eigenvalue weighted by molar-refractivity contribution is -0.141. The van der Waals surface area contributed by atoms with Gasteiger partial charge in [-0.2, -0.15) is 18.3 Å². The number of aliphatic imine (C=N–C) groups is 1. The van der Waals surface area contributed by atoms with E-state index in [9.17, 15) is 13.2 Å². The average molecular weight is 371 g/mol. The Bertz CT molecular complexity index is 726. The summed E-state index contributed by atoms with van der Waals surface area (Å²) in [6, 6.07) is 0.825. The number of guanidine groups is 1. The van der Waals surface area contributed by atoms with Gasteiger partial charge in [-0.15, -0.1) is 0 Å². The molecule has 0 aliphatic heterocycles. The standard InChI is InChI=1S/C14H20F3N9/c1-3-18-12(22-8-11-23-9-24-26(11)2)20-6-7-21-13-19-5-4-10(25-13)14(15,16)17/h4-5,9H,3,6-8H2,1-2H3,(H2,18,20,22)(H,19,21,25). The van der Waals surface area contributed by atoms with Crippen LogP contribution < -0.4 is 16.0 Å². The lowest BCUT2D eigenvalue weighted by Gasteiger charge is -2.12. The lowest BCUT2D eigenvalue weighted by atomic mass is 10.4. The minimum Gasteiger partial charge on any atom is -0.357 e. The topological polar surface area (TPSA) is 105 Å². The Hall–Kier alpha value is -2.92. The normalized spacial score (nSPS) is 12.1. The Morgan fingerprint density at radius 3 is 2.69 bits per heavy atom. The molecule has 142 valence electrons. The molecule has 0 radical (unpaired) electrons. The third-order valence-corrected chi connectivity index (χ3v) is 3.17. The number of halogens is 3. The van der Waals surface area contributed by atoms with Crippen LogP contribution >= 0.6 is 0 Å². The van der Waals surface area contributed by atoms with Crippen molar-refractivity contribution in [2.45, 2.75) is 19.6 Å². The summed E-state index contributed by atoms with van der Waals surface area (Å²) in [6.07, 6.45) is -1.98. The maximum Gasteiger partial charge on any atom is 0.433 e. The number of rotatable bonds is 7. The number of nitrogens with zero attached hydrogens (tertiary/aromatic N) is 6. The molecular formula is C14H20F3N9. The first-order chi connectivity index (χ1) is 12.4. The van der Waals surface area contributed by atoms with Gasteiger partial charge in [0.25, 0.3) is 0 Å². The van der Waals surface area contributed by atoms with Crippen molar-refractivity contribution in [3.63, 3.8) is 0 Å². The Morgan fingerprint density at radius 2 is 2.04 bits per heavy atom. The second-order valence-corrected chi connectivity index (χ2v) is 5.11. The van der Waals surface area contributed by atoms with E-state index in [2.05, 4.69) is 41.0 Å². The number of hydrogen-bond donors (Lipinski definition) is 3. The fourth-order valence-corrected chi connectivity index (χ4v) is 1.91. The predicted octanol–water partition coefficient (Wildman–Crippen LogP) is 0.791. The largest absolute Gasteiger partial charge is 0.433 e. The number of aryl methyl sites for hydroxylation is 1. The van der Waals surface area contributed by atoms with E-state index in [1.807, 2.05) is 6.92 Å². The Morgan fingerprint density at radius 1 is 1.23 bits per heavy atom. The van der Waals surface area contributed by atoms with Gasteiger partial charge in [-0.3, -0.25) is 4.68 Å². The van der Waals surface area contributed by atoms with Gasteiger partial charge in [0.15, 0.2) is 5.96 Å². The zero-order chi connectivity index (χ0) is 19.0. The van der Waals surface area contributed by atoms with E-state index in [4.69, 9.17) is 0 Å². The van der Waals surface area contributed by atoms with Crippen LogP contribution in [0.5, 0.6) is 0 Å². The first kappa shape index (κ1) is 19.4. The smallest absolute Gasteiger partial charge is 0.357 e. The van der Waals surface area contributed by atoms with E-state index in [1.54, 1.807) is 11.7 Å². The van der Waals surface area contributed by atoms with Crippen molar-refractivity contribution in [3.05, 3.63) is 30.1 Å². The van der Waals surface area contributed by atoms with Gasteiger partial charge in [0.2, 0.25) is 5.95 Å². The summed E-state index contributed by atoms with van der Waals surface area (Å²) in [5, 5.41) is 12.8. The Kier molecular flexibility index (Phi) is 6.69. The van der Waals surface area contributed by atoms with E-state index in [-0.39, 0.29) is 5.95 Å². The van der Waals surface area contributed by atoms with Crippen LogP contribution in [0.15, 0.2) is 23.6 Å². The zero-order valence-corrected chi connectivity index (χ0v) is 14.4. The van der Waals surface area contributed by atoms with Crippen LogP contribution in [-0.2, 0) is 19.8 Å². The quantitative estimate of drug-likeness (QED) is 0.375. The molecule has 26 heavy (non-hydrogen) atoms. The van der Waals surface area contributed by atoms with E-state index in [0.717, 1.165) is 12.3 Å². The fourth-order valence-electron chi connectivity index (χ4n) is 1.91. The van der Waals surface area contributed by atoms with Crippen LogP contribution in [0.25, 0.3) is 0 Å². The van der Waals surface area contributed by atoms with Crippen molar-refractivity contribution in [2.75, 3.05) is 25.0 Å². The van der Waals surface area contributed by atoms with Gasteiger partial charge >= 0.3 is 6.18 Å². The van der Waals surface area contributed by atoms with E-state index < -0.39 is 11.9 Å². The zero-order valence-electron chi connectivity index (χ0n) is 14.4. The van der Waals surface area contributed by atoms with E-state index in [0.29, 0.717) is 38.0 Å². The van der Waals surface area contributed by atoms with Crippen molar-refractivity contribution in [3.8, 4) is 0 Å². The van der Waals surface area contributed by atoms with Crippen LogP contribution in [-0.4, -0.2) is 50.3 Å². The van der Waals surface area contributed by atoms with Crippen molar-refractivity contribution < 1.29 is 13.2 Å². The van der Waals surface area contributed by atoms with Crippen molar-refractivity contribution in [2.24, 2.45) is 12.0 Å². The highest BCUT2D eigenvalue weighted by molar-refractivity contribution is 5.79. The molecule has 0 fully saturated rings. The molecule has 2 rings (SSSR count). The molecule has 0 atom stereocenters. The summed E-state index contributed by atoms with van der Waals surface area (Å²) in [5.74, 6) is 1.18. The molecule has 0 aliphatic rings. The third kappa shape index (κ3) is 5.86. The number of anilines is 1. The average Bonchev–Trinajstić information content (AvgIpc) is 3.01. The first-order valence-corrected chi connectivity index (χ1v) is 7.89. The molecule has 2 heterocycles. The molecule has 0 aliphatic carbocycles. The molecule has 2 aromatic heterocycles. The van der Waals surface area contributed by atoms with Gasteiger partial charge in [-0.25, -0.2) is 19.9 Å². The number of nitrogens with one attached hydrogen (secondary N) is 3. The summed E-state index contributed by atoms with van der Waals surface area (Å²) in [5.41, 5.74) is -0.985. The second kappa shape index (κ2) is 8.97. The van der Waals surface area contributed by atoms with Crippen molar-refractivity contribution in [1.29, 1.82) is 0 Å². The summed E-state index contributed by atoms with van der Waals surface area (Å²) in [6.45, 7) is 3.65. The van der Waals surface area contributed by atoms with Crippen LogP contribution in [0, 0.1) is 0 Å². The number of alkyl halides is 3. The van der Waals surface area contributed by atoms with Gasteiger partial charge in [0.05, 0.1) is 0 Å². The highest BCUT2D eigenvalue weighted by atomic mass is 19.4. The molecule has 0 bridgehead atoms. The molecule has 0 aromatic carbocycles. The molecule has 0 spiro atoms. The van der Waals surface area contributed by atoms with Crippen molar-refractivity contribution in [1.82, 2.24) is 35.4 Å². The summed E-state index contributed by atoms with van der Waals surface area (Å²) < 4.78 is 39.5. The number of aromatic nitrogens is 5. The molecule has 0 saturated carbocycles. The Labute approximate surface area is 148 Å². The molecule has 0 amide bonds. The molecule has 0 unspecified atom stereocenters. The van der Waals surface area contributed by atoms with Gasteiger partial charge in [0.1, 0.15) is 24.4 Å². The SMILES string of the molecule is CCNC(=NCc1ncnn1C)NCCNc1nccc(C(F)(F)F)n1. The molecular weight excluding hydrogens is 351 g/mol. The highest BCUT2D eigenvalue weighted by Crippen LogP contribution is 2.27. The summed E-state index contributed by atoms with van der Waals surface area (Å²) >= 11 is 0. The van der Waals surface area contributed by atoms with Crippen LogP contribution in [0.3, 0.4) is 0 Å². The lowest BCUT2D eigenvalue weighted by Crippen LogP contribution is -2.39. The molecule has 2 aromatic rings. The molecule has 12 heteroatoms. The summed E-state index contributed by atoms with van der Waals surface area (Å²) in [4.78, 5) is 15.7. The van der Waals surface area contributed by atoms with Crippen molar-refractivity contribution >= 4 is 11.9 Å². The Balaban J connectivity index is 1.83. The minimum absolute atomic E-state index is 0.0809. The maximum absolute atomic E-state index is 12.6. The first-order valence-electron chi connectivity index (χ1n) is 7.89. The molecule has 0 saturated heterocycles. The molecule has 3 N–H and O–H groups in total. The predicted molar refractivity (Wildman–Crippen MR) is 89.3 cm³/mol. The fraction of sp³-hybridized carbons (Fsp3) is 0.500. The summed E-state index contributed by atoms with van der Waals surface area (Å²) in [7, 11) is 1.77. The highest BCUT2D eigenvalue weighted by Gasteiger charge is 2.32. The van der Waals surface area contributed by atoms with Crippen LogP contribution in [0.1, 0.15) is 18.4 Å². The van der Waals surface area contributed by atoms with Gasteiger partial charge in [0, 0.05) is 32.9 Å².